The number of nitrogens with two attached hydrogens (primary N) is 1. The summed E-state index contributed by atoms with van der Waals surface area (Å²) >= 11 is 0. The van der Waals surface area contributed by atoms with Crippen molar-refractivity contribution >= 4 is 0 Å². The molecular weight excluding hydrogens is 251 g/mol. The summed E-state index contributed by atoms with van der Waals surface area (Å²) in [5.74, 6) is -0.199. The minimum absolute atomic E-state index is 0.0219. The molecule has 1 fully saturated rings. The summed E-state index contributed by atoms with van der Waals surface area (Å²) in [6.07, 6.45) is 5.11. The second-order valence-corrected chi connectivity index (χ2v) is 6.17. The summed E-state index contributed by atoms with van der Waals surface area (Å²) < 4.78 is 12.9. The van der Waals surface area contributed by atoms with Gasteiger partial charge >= 0.3 is 0 Å². The van der Waals surface area contributed by atoms with Crippen molar-refractivity contribution < 1.29 is 4.39 Å². The van der Waals surface area contributed by atoms with Gasteiger partial charge in [-0.1, -0.05) is 38.8 Å². The lowest BCUT2D eigenvalue weighted by atomic mass is 9.74. The minimum Gasteiger partial charge on any atom is -0.323 e. The molecule has 0 radical (unpaired) electrons. The normalized spacial score (nSPS) is 20.8. The Morgan fingerprint density at radius 2 is 1.70 bits per heavy atom. The van der Waals surface area contributed by atoms with Gasteiger partial charge in [-0.15, -0.1) is 0 Å². The zero-order valence-electron chi connectivity index (χ0n) is 12.7. The third-order valence-corrected chi connectivity index (χ3v) is 5.17. The molecule has 1 aliphatic heterocycles. The Bertz CT molecular complexity index is 402. The maximum atomic E-state index is 12.9. The van der Waals surface area contributed by atoms with Gasteiger partial charge < -0.3 is 10.6 Å². The van der Waals surface area contributed by atoms with E-state index < -0.39 is 0 Å². The summed E-state index contributed by atoms with van der Waals surface area (Å²) in [5, 5.41) is 0. The van der Waals surface area contributed by atoms with Crippen LogP contribution in [-0.2, 0) is 0 Å². The average molecular weight is 278 g/mol. The minimum atomic E-state index is -0.199. The first kappa shape index (κ1) is 15.5. The van der Waals surface area contributed by atoms with Crippen molar-refractivity contribution in [3.63, 3.8) is 0 Å². The molecule has 1 aliphatic rings. The fraction of sp³-hybridized carbons (Fsp3) is 0.647. The van der Waals surface area contributed by atoms with E-state index in [9.17, 15) is 4.39 Å². The van der Waals surface area contributed by atoms with Crippen LogP contribution in [0, 0.1) is 11.2 Å². The summed E-state index contributed by atoms with van der Waals surface area (Å²) in [4.78, 5) is 2.46. The van der Waals surface area contributed by atoms with Crippen LogP contribution in [0.25, 0.3) is 0 Å². The zero-order chi connectivity index (χ0) is 14.6. The summed E-state index contributed by atoms with van der Waals surface area (Å²) in [6.45, 7) is 7.76. The van der Waals surface area contributed by atoms with Crippen LogP contribution in [0.5, 0.6) is 0 Å². The molecule has 1 aromatic carbocycles. The monoisotopic (exact) mass is 278 g/mol. The van der Waals surface area contributed by atoms with Crippen LogP contribution in [-0.4, -0.2) is 24.5 Å². The molecule has 112 valence electrons. The highest BCUT2D eigenvalue weighted by molar-refractivity contribution is 5.19. The molecule has 1 heterocycles. The molecule has 20 heavy (non-hydrogen) atoms. The van der Waals surface area contributed by atoms with Gasteiger partial charge in [0.05, 0.1) is 0 Å². The topological polar surface area (TPSA) is 29.3 Å². The molecule has 1 aromatic rings. The largest absolute Gasteiger partial charge is 0.323 e. The number of hydrogen-bond acceptors (Lipinski definition) is 2. The third-order valence-electron chi connectivity index (χ3n) is 5.17. The van der Waals surface area contributed by atoms with Gasteiger partial charge in [0.25, 0.3) is 0 Å². The highest BCUT2D eigenvalue weighted by atomic mass is 19.1. The Hall–Kier alpha value is -0.930. The van der Waals surface area contributed by atoms with Gasteiger partial charge in [0.15, 0.2) is 0 Å². The van der Waals surface area contributed by atoms with E-state index in [-0.39, 0.29) is 11.9 Å². The predicted molar refractivity (Wildman–Crippen MR) is 82.0 cm³/mol. The Kier molecular flexibility index (Phi) is 5.17. The lowest BCUT2D eigenvalue weighted by Crippen LogP contribution is -2.42. The summed E-state index contributed by atoms with van der Waals surface area (Å²) in [5.41, 5.74) is 7.82. The van der Waals surface area contributed by atoms with Crippen molar-refractivity contribution in [1.82, 2.24) is 4.90 Å². The number of rotatable bonds is 5. The Labute approximate surface area is 122 Å². The van der Waals surface area contributed by atoms with Gasteiger partial charge in [-0.3, -0.25) is 0 Å². The highest BCUT2D eigenvalue weighted by Gasteiger charge is 2.31. The van der Waals surface area contributed by atoms with Crippen LogP contribution < -0.4 is 5.73 Å². The lowest BCUT2D eigenvalue weighted by Gasteiger charge is -2.41. The smallest absolute Gasteiger partial charge is 0.123 e. The first-order valence-corrected chi connectivity index (χ1v) is 7.82. The first-order valence-electron chi connectivity index (χ1n) is 7.82. The van der Waals surface area contributed by atoms with Crippen LogP contribution in [0.1, 0.15) is 51.1 Å². The van der Waals surface area contributed by atoms with Gasteiger partial charge in [-0.25, -0.2) is 4.39 Å². The van der Waals surface area contributed by atoms with Gasteiger partial charge in [0.2, 0.25) is 0 Å². The van der Waals surface area contributed by atoms with Gasteiger partial charge in [0.1, 0.15) is 5.82 Å². The molecule has 1 atom stereocenters. The summed E-state index contributed by atoms with van der Waals surface area (Å²) in [7, 11) is 0. The first-order chi connectivity index (χ1) is 9.58. The number of nitrogens with zero attached hydrogens (tertiary/aromatic N) is 1. The maximum Gasteiger partial charge on any atom is 0.123 e. The van der Waals surface area contributed by atoms with E-state index in [1.54, 1.807) is 12.1 Å². The molecule has 1 unspecified atom stereocenters. The van der Waals surface area contributed by atoms with Gasteiger partial charge in [0, 0.05) is 12.6 Å². The van der Waals surface area contributed by atoms with E-state index >= 15 is 0 Å². The van der Waals surface area contributed by atoms with Crippen LogP contribution in [0.2, 0.25) is 0 Å². The fourth-order valence-electron chi connectivity index (χ4n) is 3.26. The third kappa shape index (κ3) is 3.58. The molecule has 0 bridgehead atoms. The van der Waals surface area contributed by atoms with E-state index in [1.165, 1.54) is 37.8 Å². The van der Waals surface area contributed by atoms with Crippen LogP contribution in [0.15, 0.2) is 24.3 Å². The number of likely N-dealkylation sites (tertiary alicyclic amines) is 1. The van der Waals surface area contributed by atoms with Crippen molar-refractivity contribution in [2.45, 2.75) is 45.6 Å². The van der Waals surface area contributed by atoms with E-state index in [2.05, 4.69) is 18.7 Å². The second-order valence-electron chi connectivity index (χ2n) is 6.17. The fourth-order valence-corrected chi connectivity index (χ4v) is 3.26. The number of benzene rings is 1. The SMILES string of the molecule is CCC1(CC)CCN(CC(N)c2ccc(F)cc2)CC1. The van der Waals surface area contributed by atoms with Crippen molar-refractivity contribution in [3.05, 3.63) is 35.6 Å². The van der Waals surface area contributed by atoms with Crippen LogP contribution >= 0.6 is 0 Å². The summed E-state index contributed by atoms with van der Waals surface area (Å²) in [6, 6.07) is 6.56. The molecule has 1 saturated heterocycles. The maximum absolute atomic E-state index is 12.9. The molecule has 0 spiro atoms. The van der Waals surface area contributed by atoms with Gasteiger partial charge in [-0.05, 0) is 49.0 Å². The standard InChI is InChI=1S/C17H27FN2/c1-3-17(4-2)9-11-20(12-10-17)13-16(19)14-5-7-15(18)8-6-14/h5-8,16H,3-4,9-13,19H2,1-2H3. The molecule has 0 amide bonds. The van der Waals surface area contributed by atoms with E-state index in [1.807, 2.05) is 0 Å². The zero-order valence-corrected chi connectivity index (χ0v) is 12.7. The van der Waals surface area contributed by atoms with E-state index in [0.29, 0.717) is 5.41 Å². The van der Waals surface area contributed by atoms with Crippen molar-refractivity contribution in [3.8, 4) is 0 Å². The Morgan fingerprint density at radius 1 is 1.15 bits per heavy atom. The Morgan fingerprint density at radius 3 is 2.20 bits per heavy atom. The quantitative estimate of drug-likeness (QED) is 0.889. The van der Waals surface area contributed by atoms with Gasteiger partial charge in [-0.2, -0.15) is 0 Å². The van der Waals surface area contributed by atoms with Crippen molar-refractivity contribution in [2.24, 2.45) is 11.1 Å². The van der Waals surface area contributed by atoms with Crippen molar-refractivity contribution in [1.29, 1.82) is 0 Å². The molecule has 2 N–H and O–H groups in total. The molecule has 0 aromatic heterocycles. The van der Waals surface area contributed by atoms with Crippen LogP contribution in [0.4, 0.5) is 4.39 Å². The van der Waals surface area contributed by atoms with Crippen LogP contribution in [0.3, 0.4) is 0 Å². The Balaban J connectivity index is 1.87. The highest BCUT2D eigenvalue weighted by Crippen LogP contribution is 2.38. The lowest BCUT2D eigenvalue weighted by molar-refractivity contribution is 0.0914. The van der Waals surface area contributed by atoms with E-state index in [0.717, 1.165) is 25.2 Å². The molecule has 0 aliphatic carbocycles. The predicted octanol–water partition coefficient (Wildman–Crippen LogP) is 3.73. The number of halogens is 1. The second kappa shape index (κ2) is 6.68. The molecule has 2 nitrogen and oxygen atoms in total. The molecular formula is C17H27FN2. The van der Waals surface area contributed by atoms with E-state index in [4.69, 9.17) is 5.73 Å². The number of piperidine rings is 1. The molecule has 0 saturated carbocycles. The van der Waals surface area contributed by atoms with Crippen molar-refractivity contribution in [2.75, 3.05) is 19.6 Å². The average Bonchev–Trinajstić information content (AvgIpc) is 2.49. The number of hydrogen-bond donors (Lipinski definition) is 1. The molecule has 3 heteroatoms. The molecule has 2 rings (SSSR count).